The average Bonchev–Trinajstić information content (AvgIpc) is 3.20. The maximum absolute atomic E-state index is 12.8. The third-order valence-electron chi connectivity index (χ3n) is 4.38. The van der Waals surface area contributed by atoms with E-state index >= 15 is 0 Å². The summed E-state index contributed by atoms with van der Waals surface area (Å²) in [5.74, 6) is 0.149. The van der Waals surface area contributed by atoms with Gasteiger partial charge in [0, 0.05) is 35.0 Å². The topological polar surface area (TPSA) is 101 Å². The maximum atomic E-state index is 12.8. The van der Waals surface area contributed by atoms with Gasteiger partial charge in [0.2, 0.25) is 10.0 Å². The molecule has 2 aromatic heterocycles. The second-order valence-electron chi connectivity index (χ2n) is 8.23. The van der Waals surface area contributed by atoms with Crippen molar-refractivity contribution in [3.63, 3.8) is 0 Å². The number of fused-ring (bicyclic) bond motifs is 1. The molecule has 12 heteroatoms. The quantitative estimate of drug-likeness (QED) is 0.338. The summed E-state index contributed by atoms with van der Waals surface area (Å²) >= 11 is 18.9. The molecule has 1 aliphatic rings. The Bertz CT molecular complexity index is 1430. The lowest BCUT2D eigenvalue weighted by atomic mass is 10.1. The van der Waals surface area contributed by atoms with E-state index in [0.29, 0.717) is 37.1 Å². The summed E-state index contributed by atoms with van der Waals surface area (Å²) in [5, 5.41) is 3.17. The molecule has 1 fully saturated rings. The van der Waals surface area contributed by atoms with Gasteiger partial charge in [-0.2, -0.15) is 0 Å². The summed E-state index contributed by atoms with van der Waals surface area (Å²) in [5.41, 5.74) is 0.864. The molecule has 0 spiro atoms. The number of carbonyl (C=O) groups excluding carboxylic acids is 1. The first-order chi connectivity index (χ1) is 15.3. The number of nitrogens with one attached hydrogen (secondary N) is 2. The van der Waals surface area contributed by atoms with Gasteiger partial charge in [0.25, 0.3) is 5.91 Å². The van der Waals surface area contributed by atoms with Crippen molar-refractivity contribution in [2.24, 2.45) is 0 Å². The maximum Gasteiger partial charge on any atom is 0.263 e. The van der Waals surface area contributed by atoms with Gasteiger partial charge in [-0.25, -0.2) is 13.1 Å². The van der Waals surface area contributed by atoms with Crippen LogP contribution in [-0.2, 0) is 14.8 Å². The van der Waals surface area contributed by atoms with Gasteiger partial charge in [-0.3, -0.25) is 9.78 Å². The fraction of sp³-hybridized carbons (Fsp3) is 0.190. The number of thiocarbonyl (C=S) groups is 1. The second-order valence-corrected chi connectivity index (χ2v) is 12.4. The van der Waals surface area contributed by atoms with Crippen LogP contribution in [0.1, 0.15) is 26.5 Å². The number of pyridine rings is 1. The number of amides is 1. The van der Waals surface area contributed by atoms with Crippen LogP contribution in [0.15, 0.2) is 44.8 Å². The monoisotopic (exact) mass is 541 g/mol. The van der Waals surface area contributed by atoms with E-state index in [0.717, 1.165) is 11.8 Å². The average molecular weight is 542 g/mol. The molecule has 7 nitrogen and oxygen atoms in total. The van der Waals surface area contributed by atoms with Crippen LogP contribution < -0.4 is 10.0 Å². The molecule has 4 rings (SSSR count). The van der Waals surface area contributed by atoms with Gasteiger partial charge in [0.05, 0.1) is 15.0 Å². The molecule has 1 saturated heterocycles. The van der Waals surface area contributed by atoms with Crippen molar-refractivity contribution in [2.75, 3.05) is 0 Å². The van der Waals surface area contributed by atoms with Crippen LogP contribution in [0.5, 0.6) is 0 Å². The molecule has 1 aliphatic heterocycles. The van der Waals surface area contributed by atoms with Crippen LogP contribution in [0.3, 0.4) is 0 Å². The zero-order chi connectivity index (χ0) is 24.1. The Hall–Kier alpha value is -1.95. The Balaban J connectivity index is 1.78. The van der Waals surface area contributed by atoms with Crippen LogP contribution in [0.2, 0.25) is 10.0 Å². The van der Waals surface area contributed by atoms with Crippen molar-refractivity contribution in [2.45, 2.75) is 31.2 Å². The SMILES string of the molecule is CC(C)(C)NS(=O)(=O)c1c(Cl)cc(-c2cncc3cc(C=C4SC(=S)NC4=O)oc23)cc1Cl. The van der Waals surface area contributed by atoms with Crippen LogP contribution in [0.4, 0.5) is 0 Å². The lowest BCUT2D eigenvalue weighted by molar-refractivity contribution is -0.115. The standard InChI is InChI=1S/C21H17Cl2N3O4S3/c1-21(2,3)26-33(28,29)18-14(22)5-10(6-15(18)23)13-9-24-8-11-4-12(30-17(11)13)7-16-19(27)25-20(31)32-16/h4-9,26H,1-3H3,(H,25,27,31). The minimum Gasteiger partial charge on any atom is -0.456 e. The Morgan fingerprint density at radius 1 is 1.18 bits per heavy atom. The molecule has 33 heavy (non-hydrogen) atoms. The summed E-state index contributed by atoms with van der Waals surface area (Å²) < 4.78 is 34.5. The van der Waals surface area contributed by atoms with Crippen LogP contribution >= 0.6 is 47.2 Å². The van der Waals surface area contributed by atoms with Crippen molar-refractivity contribution in [3.05, 3.63) is 51.3 Å². The Kier molecular flexibility index (Phi) is 6.36. The minimum absolute atomic E-state index is 0.0345. The first-order valence-corrected chi connectivity index (χ1v) is 13.0. The molecular formula is C21H17Cl2N3O4S3. The number of furan rings is 1. The second kappa shape index (κ2) is 8.68. The molecule has 3 heterocycles. The zero-order valence-corrected chi connectivity index (χ0v) is 21.5. The van der Waals surface area contributed by atoms with E-state index in [4.69, 9.17) is 39.8 Å². The summed E-state index contributed by atoms with van der Waals surface area (Å²) in [4.78, 5) is 16.4. The summed E-state index contributed by atoms with van der Waals surface area (Å²) in [6.07, 6.45) is 4.78. The molecule has 0 atom stereocenters. The molecule has 2 N–H and O–H groups in total. The van der Waals surface area contributed by atoms with Gasteiger partial charge >= 0.3 is 0 Å². The first-order valence-electron chi connectivity index (χ1n) is 9.50. The highest BCUT2D eigenvalue weighted by molar-refractivity contribution is 8.26. The van der Waals surface area contributed by atoms with E-state index in [2.05, 4.69) is 15.0 Å². The molecule has 172 valence electrons. The van der Waals surface area contributed by atoms with Crippen LogP contribution in [-0.4, -0.2) is 29.2 Å². The molecule has 0 saturated carbocycles. The number of halogens is 2. The third-order valence-corrected chi connectivity index (χ3v) is 8.22. The highest BCUT2D eigenvalue weighted by Gasteiger charge is 2.28. The summed E-state index contributed by atoms with van der Waals surface area (Å²) in [7, 11) is -3.95. The van der Waals surface area contributed by atoms with Crippen LogP contribution in [0.25, 0.3) is 28.2 Å². The Morgan fingerprint density at radius 2 is 1.85 bits per heavy atom. The molecule has 0 bridgehead atoms. The number of sulfonamides is 1. The molecule has 1 amide bonds. The molecule has 0 radical (unpaired) electrons. The van der Waals surface area contributed by atoms with E-state index in [1.807, 2.05) is 0 Å². The van der Waals surface area contributed by atoms with Crippen molar-refractivity contribution in [1.29, 1.82) is 0 Å². The smallest absolute Gasteiger partial charge is 0.263 e. The number of thioether (sulfide) groups is 1. The number of carbonyl (C=O) groups is 1. The lowest BCUT2D eigenvalue weighted by Gasteiger charge is -2.21. The van der Waals surface area contributed by atoms with Crippen molar-refractivity contribution < 1.29 is 17.6 Å². The third kappa shape index (κ3) is 5.11. The highest BCUT2D eigenvalue weighted by Crippen LogP contribution is 2.38. The van der Waals surface area contributed by atoms with E-state index in [9.17, 15) is 13.2 Å². The number of hydrogen-bond donors (Lipinski definition) is 2. The normalized spacial score (nSPS) is 16.1. The van der Waals surface area contributed by atoms with Crippen molar-refractivity contribution in [3.8, 4) is 11.1 Å². The molecule has 0 unspecified atom stereocenters. The van der Waals surface area contributed by atoms with Gasteiger partial charge in [0.15, 0.2) is 0 Å². The largest absolute Gasteiger partial charge is 0.456 e. The molecule has 0 aliphatic carbocycles. The number of aromatic nitrogens is 1. The van der Waals surface area contributed by atoms with Gasteiger partial charge < -0.3 is 9.73 Å². The molecular weight excluding hydrogens is 525 g/mol. The predicted octanol–water partition coefficient (Wildman–Crippen LogP) is 5.37. The fourth-order valence-corrected chi connectivity index (χ4v) is 6.90. The van der Waals surface area contributed by atoms with Gasteiger partial charge in [-0.1, -0.05) is 47.2 Å². The van der Waals surface area contributed by atoms with Crippen molar-refractivity contribution in [1.82, 2.24) is 15.0 Å². The number of hydrogen-bond acceptors (Lipinski definition) is 7. The first kappa shape index (κ1) is 24.2. The lowest BCUT2D eigenvalue weighted by Crippen LogP contribution is -2.40. The van der Waals surface area contributed by atoms with E-state index < -0.39 is 15.6 Å². The summed E-state index contributed by atoms with van der Waals surface area (Å²) in [6, 6.07) is 4.74. The Morgan fingerprint density at radius 3 is 2.42 bits per heavy atom. The number of benzene rings is 1. The van der Waals surface area contributed by atoms with E-state index in [-0.39, 0.29) is 20.8 Å². The van der Waals surface area contributed by atoms with Gasteiger partial charge in [-0.15, -0.1) is 0 Å². The summed E-state index contributed by atoms with van der Waals surface area (Å²) in [6.45, 7) is 5.16. The van der Waals surface area contributed by atoms with E-state index in [1.165, 1.54) is 12.1 Å². The molecule has 1 aromatic carbocycles. The highest BCUT2D eigenvalue weighted by atomic mass is 35.5. The zero-order valence-electron chi connectivity index (χ0n) is 17.5. The van der Waals surface area contributed by atoms with Crippen LogP contribution in [0, 0.1) is 0 Å². The van der Waals surface area contributed by atoms with E-state index in [1.54, 1.807) is 45.3 Å². The Labute approximate surface area is 210 Å². The fourth-order valence-electron chi connectivity index (χ4n) is 3.24. The van der Waals surface area contributed by atoms with Gasteiger partial charge in [0.1, 0.15) is 20.6 Å². The minimum atomic E-state index is -3.95. The number of rotatable bonds is 4. The predicted molar refractivity (Wildman–Crippen MR) is 136 cm³/mol. The van der Waals surface area contributed by atoms with Crippen molar-refractivity contribution >= 4 is 84.5 Å². The van der Waals surface area contributed by atoms with Gasteiger partial charge in [-0.05, 0) is 44.5 Å². The number of nitrogens with zero attached hydrogens (tertiary/aromatic N) is 1. The molecule has 3 aromatic rings.